The molecule has 1 aliphatic carbocycles. The number of rotatable bonds is 2. The van der Waals surface area contributed by atoms with E-state index >= 15 is 0 Å². The van der Waals surface area contributed by atoms with Crippen LogP contribution in [0.1, 0.15) is 50.2 Å². The summed E-state index contributed by atoms with van der Waals surface area (Å²) < 4.78 is 0. The first kappa shape index (κ1) is 11.6. The van der Waals surface area contributed by atoms with Crippen molar-refractivity contribution in [2.24, 2.45) is 5.92 Å². The van der Waals surface area contributed by atoms with Crippen molar-refractivity contribution in [2.45, 2.75) is 51.6 Å². The molecular weight excluding hydrogens is 198 g/mol. The molecule has 1 aromatic heterocycles. The molecule has 0 amide bonds. The summed E-state index contributed by atoms with van der Waals surface area (Å²) in [4.78, 5) is 4.21. The number of aromatic nitrogens is 1. The second-order valence-electron chi connectivity index (χ2n) is 5.03. The van der Waals surface area contributed by atoms with E-state index in [1.54, 1.807) is 0 Å². The van der Waals surface area contributed by atoms with E-state index in [4.69, 9.17) is 0 Å². The first-order valence-corrected chi connectivity index (χ1v) is 6.31. The second kappa shape index (κ2) is 4.54. The Kier molecular flexibility index (Phi) is 3.29. The van der Waals surface area contributed by atoms with Crippen LogP contribution < -0.4 is 0 Å². The van der Waals surface area contributed by atoms with Gasteiger partial charge in [-0.2, -0.15) is 0 Å². The third kappa shape index (κ3) is 1.99. The summed E-state index contributed by atoms with van der Waals surface area (Å²) in [5, 5.41) is 10.9. The number of nitrogens with zero attached hydrogens (tertiary/aromatic N) is 1. The molecule has 2 heteroatoms. The fraction of sp³-hybridized carbons (Fsp3) is 0.643. The predicted octanol–water partition coefficient (Wildman–Crippen LogP) is 3.18. The summed E-state index contributed by atoms with van der Waals surface area (Å²) in [5.41, 5.74) is 1.51. The molecule has 1 fully saturated rings. The fourth-order valence-electron chi connectivity index (χ4n) is 2.94. The Morgan fingerprint density at radius 1 is 1.44 bits per heavy atom. The van der Waals surface area contributed by atoms with Gasteiger partial charge in [0.1, 0.15) is 0 Å². The van der Waals surface area contributed by atoms with Gasteiger partial charge in [0, 0.05) is 18.0 Å². The highest BCUT2D eigenvalue weighted by molar-refractivity contribution is 5.24. The molecule has 0 saturated heterocycles. The summed E-state index contributed by atoms with van der Waals surface area (Å²) in [6.07, 6.45) is 9.13. The van der Waals surface area contributed by atoms with Gasteiger partial charge in [0.2, 0.25) is 0 Å². The highest BCUT2D eigenvalue weighted by atomic mass is 16.3. The van der Waals surface area contributed by atoms with Crippen molar-refractivity contribution in [3.8, 4) is 0 Å². The number of pyridine rings is 1. The van der Waals surface area contributed by atoms with Crippen LogP contribution in [0.25, 0.3) is 0 Å². The molecule has 0 aliphatic heterocycles. The third-order valence-electron chi connectivity index (χ3n) is 3.90. The minimum absolute atomic E-state index is 0.393. The van der Waals surface area contributed by atoms with E-state index < -0.39 is 5.60 Å². The number of aryl methyl sites for hydroxylation is 1. The van der Waals surface area contributed by atoms with Crippen LogP contribution in [0.2, 0.25) is 0 Å². The highest BCUT2D eigenvalue weighted by Crippen LogP contribution is 2.43. The first-order chi connectivity index (χ1) is 7.66. The van der Waals surface area contributed by atoms with E-state index in [1.165, 1.54) is 6.42 Å². The van der Waals surface area contributed by atoms with Gasteiger partial charge in [-0.05, 0) is 31.2 Å². The summed E-state index contributed by atoms with van der Waals surface area (Å²) in [7, 11) is 0. The molecule has 2 unspecified atom stereocenters. The molecule has 0 aromatic carbocycles. The standard InChI is InChI=1S/C14H21NO/c1-3-12-6-4-5-7-14(12,16)13-8-11(2)9-15-10-13/h8-10,12,16H,3-7H2,1-2H3. The lowest BCUT2D eigenvalue weighted by Crippen LogP contribution is -2.37. The molecule has 2 rings (SSSR count). The molecule has 2 nitrogen and oxygen atoms in total. The van der Waals surface area contributed by atoms with Crippen LogP contribution in [0.3, 0.4) is 0 Å². The van der Waals surface area contributed by atoms with Gasteiger partial charge >= 0.3 is 0 Å². The molecule has 2 atom stereocenters. The van der Waals surface area contributed by atoms with Crippen molar-refractivity contribution in [3.63, 3.8) is 0 Å². The normalized spacial score (nSPS) is 30.3. The van der Waals surface area contributed by atoms with Crippen molar-refractivity contribution >= 4 is 0 Å². The lowest BCUT2D eigenvalue weighted by Gasteiger charge is -2.40. The van der Waals surface area contributed by atoms with Crippen LogP contribution in [0, 0.1) is 12.8 Å². The van der Waals surface area contributed by atoms with E-state index in [-0.39, 0.29) is 0 Å². The van der Waals surface area contributed by atoms with E-state index in [1.807, 2.05) is 19.3 Å². The van der Waals surface area contributed by atoms with Crippen molar-refractivity contribution in [1.82, 2.24) is 4.98 Å². The van der Waals surface area contributed by atoms with E-state index in [0.29, 0.717) is 5.92 Å². The maximum Gasteiger partial charge on any atom is 0.0939 e. The first-order valence-electron chi connectivity index (χ1n) is 6.31. The van der Waals surface area contributed by atoms with Gasteiger partial charge in [-0.25, -0.2) is 0 Å². The zero-order valence-corrected chi connectivity index (χ0v) is 10.2. The van der Waals surface area contributed by atoms with Gasteiger partial charge in [-0.15, -0.1) is 0 Å². The molecule has 1 aliphatic rings. The van der Waals surface area contributed by atoms with Crippen LogP contribution in [0.5, 0.6) is 0 Å². The number of hydrogen-bond donors (Lipinski definition) is 1. The fourth-order valence-corrected chi connectivity index (χ4v) is 2.94. The summed E-state index contributed by atoms with van der Waals surface area (Å²) in [5.74, 6) is 0.393. The molecular formula is C14H21NO. The van der Waals surface area contributed by atoms with Crippen molar-refractivity contribution in [3.05, 3.63) is 29.6 Å². The number of aliphatic hydroxyl groups is 1. The smallest absolute Gasteiger partial charge is 0.0939 e. The molecule has 0 bridgehead atoms. The van der Waals surface area contributed by atoms with E-state index in [2.05, 4.69) is 18.0 Å². The maximum absolute atomic E-state index is 10.9. The SMILES string of the molecule is CCC1CCCCC1(O)c1cncc(C)c1. The highest BCUT2D eigenvalue weighted by Gasteiger charge is 2.39. The zero-order chi connectivity index (χ0) is 11.6. The Bertz CT molecular complexity index is 364. The third-order valence-corrected chi connectivity index (χ3v) is 3.90. The predicted molar refractivity (Wildman–Crippen MR) is 65.1 cm³/mol. The van der Waals surface area contributed by atoms with Crippen molar-refractivity contribution in [2.75, 3.05) is 0 Å². The Hall–Kier alpha value is -0.890. The Morgan fingerprint density at radius 2 is 2.25 bits per heavy atom. The Balaban J connectivity index is 2.34. The van der Waals surface area contributed by atoms with Gasteiger partial charge in [0.05, 0.1) is 5.60 Å². The molecule has 1 aromatic rings. The van der Waals surface area contributed by atoms with Crippen LogP contribution in [-0.2, 0) is 5.60 Å². The van der Waals surface area contributed by atoms with Gasteiger partial charge in [-0.1, -0.05) is 32.3 Å². The largest absolute Gasteiger partial charge is 0.385 e. The van der Waals surface area contributed by atoms with Crippen LogP contribution in [0.4, 0.5) is 0 Å². The minimum atomic E-state index is -0.633. The quantitative estimate of drug-likeness (QED) is 0.828. The summed E-state index contributed by atoms with van der Waals surface area (Å²) >= 11 is 0. The Labute approximate surface area is 97.7 Å². The Morgan fingerprint density at radius 3 is 2.94 bits per heavy atom. The summed E-state index contributed by atoms with van der Waals surface area (Å²) in [6.45, 7) is 4.20. The average molecular weight is 219 g/mol. The van der Waals surface area contributed by atoms with Gasteiger partial charge in [-0.3, -0.25) is 4.98 Å². The van der Waals surface area contributed by atoms with Crippen LogP contribution in [-0.4, -0.2) is 10.1 Å². The number of hydrogen-bond acceptors (Lipinski definition) is 2. The van der Waals surface area contributed by atoms with Crippen molar-refractivity contribution < 1.29 is 5.11 Å². The maximum atomic E-state index is 10.9. The zero-order valence-electron chi connectivity index (χ0n) is 10.2. The van der Waals surface area contributed by atoms with E-state index in [0.717, 1.165) is 36.8 Å². The molecule has 1 N–H and O–H groups in total. The van der Waals surface area contributed by atoms with Crippen molar-refractivity contribution in [1.29, 1.82) is 0 Å². The molecule has 1 saturated carbocycles. The average Bonchev–Trinajstić information content (AvgIpc) is 2.30. The van der Waals surface area contributed by atoms with Crippen LogP contribution in [0.15, 0.2) is 18.5 Å². The molecule has 88 valence electrons. The lowest BCUT2D eigenvalue weighted by molar-refractivity contribution is -0.0560. The lowest BCUT2D eigenvalue weighted by atomic mass is 9.70. The second-order valence-corrected chi connectivity index (χ2v) is 5.03. The monoisotopic (exact) mass is 219 g/mol. The van der Waals surface area contributed by atoms with Crippen LogP contribution >= 0.6 is 0 Å². The van der Waals surface area contributed by atoms with Gasteiger partial charge in [0.25, 0.3) is 0 Å². The summed E-state index contributed by atoms with van der Waals surface area (Å²) in [6, 6.07) is 2.08. The van der Waals surface area contributed by atoms with Gasteiger partial charge in [0.15, 0.2) is 0 Å². The minimum Gasteiger partial charge on any atom is -0.385 e. The van der Waals surface area contributed by atoms with Gasteiger partial charge < -0.3 is 5.11 Å². The molecule has 16 heavy (non-hydrogen) atoms. The molecule has 0 radical (unpaired) electrons. The molecule has 0 spiro atoms. The molecule has 1 heterocycles. The topological polar surface area (TPSA) is 33.1 Å². The van der Waals surface area contributed by atoms with E-state index in [9.17, 15) is 5.11 Å².